The first kappa shape index (κ1) is 18.7. The Balaban J connectivity index is 1.94. The second kappa shape index (κ2) is 7.94. The molecule has 1 aliphatic heterocycles. The monoisotopic (exact) mass is 357 g/mol. The molecule has 1 saturated heterocycles. The third kappa shape index (κ3) is 4.45. The van der Waals surface area contributed by atoms with Gasteiger partial charge in [0.1, 0.15) is 5.82 Å². The van der Waals surface area contributed by atoms with E-state index >= 15 is 0 Å². The van der Waals surface area contributed by atoms with Crippen molar-refractivity contribution in [1.29, 1.82) is 0 Å². The van der Waals surface area contributed by atoms with Gasteiger partial charge in [0, 0.05) is 32.2 Å². The molecule has 8 heteroatoms. The zero-order valence-corrected chi connectivity index (χ0v) is 14.9. The second-order valence-electron chi connectivity index (χ2n) is 5.98. The third-order valence-electron chi connectivity index (χ3n) is 4.07. The number of carbonyl (C=O) groups is 1. The molecule has 1 aliphatic rings. The van der Waals surface area contributed by atoms with Crippen molar-refractivity contribution in [2.75, 3.05) is 26.2 Å². The maximum atomic E-state index is 13.0. The Morgan fingerprint density at radius 3 is 2.33 bits per heavy atom. The van der Waals surface area contributed by atoms with E-state index in [-0.39, 0.29) is 30.1 Å². The average Bonchev–Trinajstić information content (AvgIpc) is 2.55. The van der Waals surface area contributed by atoms with Crippen LogP contribution in [0.4, 0.5) is 9.18 Å². The van der Waals surface area contributed by atoms with E-state index in [1.807, 2.05) is 6.92 Å². The van der Waals surface area contributed by atoms with Gasteiger partial charge in [0.25, 0.3) is 0 Å². The standard InChI is InChI=1S/C16H24FN3O3S/c1-3-4-13(2)18-16(21)19-9-11-20(12-10-19)24(22,23)15-7-5-14(17)6-8-15/h5-8,13H,3-4,9-12H2,1-2H3,(H,18,21). The summed E-state index contributed by atoms with van der Waals surface area (Å²) < 4.78 is 39.3. The van der Waals surface area contributed by atoms with E-state index in [0.29, 0.717) is 13.1 Å². The molecule has 134 valence electrons. The quantitative estimate of drug-likeness (QED) is 0.877. The first-order chi connectivity index (χ1) is 11.3. The van der Waals surface area contributed by atoms with E-state index in [0.717, 1.165) is 25.0 Å². The smallest absolute Gasteiger partial charge is 0.317 e. The van der Waals surface area contributed by atoms with Crippen LogP contribution >= 0.6 is 0 Å². The first-order valence-corrected chi connectivity index (χ1v) is 9.59. The van der Waals surface area contributed by atoms with Crippen LogP contribution in [0.5, 0.6) is 0 Å². The van der Waals surface area contributed by atoms with Crippen LogP contribution in [-0.4, -0.2) is 55.9 Å². The summed E-state index contributed by atoms with van der Waals surface area (Å²) in [5.74, 6) is -0.475. The minimum Gasteiger partial charge on any atom is -0.336 e. The Morgan fingerprint density at radius 1 is 1.21 bits per heavy atom. The lowest BCUT2D eigenvalue weighted by Gasteiger charge is -2.34. The number of urea groups is 1. The molecule has 1 aromatic rings. The minimum absolute atomic E-state index is 0.0679. The van der Waals surface area contributed by atoms with Gasteiger partial charge in [-0.1, -0.05) is 13.3 Å². The van der Waals surface area contributed by atoms with Gasteiger partial charge in [-0.25, -0.2) is 17.6 Å². The van der Waals surface area contributed by atoms with Crippen LogP contribution in [0, 0.1) is 5.82 Å². The number of hydrogen-bond donors (Lipinski definition) is 1. The lowest BCUT2D eigenvalue weighted by atomic mass is 10.2. The maximum absolute atomic E-state index is 13.0. The van der Waals surface area contributed by atoms with Gasteiger partial charge in [-0.2, -0.15) is 4.31 Å². The second-order valence-corrected chi connectivity index (χ2v) is 7.92. The lowest BCUT2D eigenvalue weighted by Crippen LogP contribution is -2.54. The Labute approximate surface area is 142 Å². The van der Waals surface area contributed by atoms with Crippen LogP contribution in [0.25, 0.3) is 0 Å². The molecule has 0 saturated carbocycles. The van der Waals surface area contributed by atoms with Crippen molar-refractivity contribution in [2.45, 2.75) is 37.6 Å². The van der Waals surface area contributed by atoms with E-state index in [9.17, 15) is 17.6 Å². The van der Waals surface area contributed by atoms with E-state index in [1.165, 1.54) is 16.4 Å². The highest BCUT2D eigenvalue weighted by molar-refractivity contribution is 7.89. The van der Waals surface area contributed by atoms with Crippen LogP contribution in [-0.2, 0) is 10.0 Å². The molecule has 2 amide bonds. The van der Waals surface area contributed by atoms with Crippen molar-refractivity contribution in [1.82, 2.24) is 14.5 Å². The molecule has 0 aromatic heterocycles. The number of nitrogens with one attached hydrogen (secondary N) is 1. The summed E-state index contributed by atoms with van der Waals surface area (Å²) in [5.41, 5.74) is 0. The highest BCUT2D eigenvalue weighted by Gasteiger charge is 2.30. The number of rotatable bonds is 5. The predicted molar refractivity (Wildman–Crippen MR) is 89.6 cm³/mol. The zero-order chi connectivity index (χ0) is 17.7. The molecule has 0 bridgehead atoms. The first-order valence-electron chi connectivity index (χ1n) is 8.15. The van der Waals surface area contributed by atoms with Crippen molar-refractivity contribution in [3.63, 3.8) is 0 Å². The van der Waals surface area contributed by atoms with E-state index in [4.69, 9.17) is 0 Å². The lowest BCUT2D eigenvalue weighted by molar-refractivity contribution is 0.169. The normalized spacial score (nSPS) is 17.5. The van der Waals surface area contributed by atoms with Crippen LogP contribution in [0.2, 0.25) is 0 Å². The van der Waals surface area contributed by atoms with E-state index < -0.39 is 15.8 Å². The Kier molecular flexibility index (Phi) is 6.17. The summed E-state index contributed by atoms with van der Waals surface area (Å²) >= 11 is 0. The van der Waals surface area contributed by atoms with E-state index in [1.54, 1.807) is 4.90 Å². The van der Waals surface area contributed by atoms with Crippen LogP contribution < -0.4 is 5.32 Å². The summed E-state index contributed by atoms with van der Waals surface area (Å²) in [4.78, 5) is 13.8. The Morgan fingerprint density at radius 2 is 1.79 bits per heavy atom. The number of hydrogen-bond acceptors (Lipinski definition) is 3. The molecule has 6 nitrogen and oxygen atoms in total. The summed E-state index contributed by atoms with van der Waals surface area (Å²) in [6.45, 7) is 5.15. The fourth-order valence-corrected chi connectivity index (χ4v) is 4.12. The molecule has 1 heterocycles. The number of nitrogens with zero attached hydrogens (tertiary/aromatic N) is 2. The van der Waals surface area contributed by atoms with Crippen LogP contribution in [0.1, 0.15) is 26.7 Å². The largest absolute Gasteiger partial charge is 0.336 e. The minimum atomic E-state index is -3.65. The van der Waals surface area contributed by atoms with Gasteiger partial charge >= 0.3 is 6.03 Å². The molecule has 2 rings (SSSR count). The number of piperazine rings is 1. The summed E-state index contributed by atoms with van der Waals surface area (Å²) in [6, 6.07) is 4.72. The van der Waals surface area contributed by atoms with Gasteiger partial charge in [-0.3, -0.25) is 0 Å². The van der Waals surface area contributed by atoms with Crippen LogP contribution in [0.3, 0.4) is 0 Å². The number of halogens is 1. The van der Waals surface area contributed by atoms with Gasteiger partial charge in [-0.15, -0.1) is 0 Å². The fourth-order valence-electron chi connectivity index (χ4n) is 2.69. The molecule has 24 heavy (non-hydrogen) atoms. The summed E-state index contributed by atoms with van der Waals surface area (Å²) in [5, 5.41) is 2.92. The number of carbonyl (C=O) groups excluding carboxylic acids is 1. The van der Waals surface area contributed by atoms with Crippen LogP contribution in [0.15, 0.2) is 29.2 Å². The average molecular weight is 357 g/mol. The molecule has 1 atom stereocenters. The molecule has 1 fully saturated rings. The topological polar surface area (TPSA) is 69.7 Å². The predicted octanol–water partition coefficient (Wildman–Crippen LogP) is 2.03. The fraction of sp³-hybridized carbons (Fsp3) is 0.562. The summed E-state index contributed by atoms with van der Waals surface area (Å²) in [6.07, 6.45) is 1.90. The number of benzene rings is 1. The Hall–Kier alpha value is -1.67. The molecule has 0 radical (unpaired) electrons. The maximum Gasteiger partial charge on any atom is 0.317 e. The van der Waals surface area contributed by atoms with Gasteiger partial charge in [0.15, 0.2) is 0 Å². The molecule has 1 unspecified atom stereocenters. The molecule has 0 aliphatic carbocycles. The third-order valence-corrected chi connectivity index (χ3v) is 5.98. The number of amides is 2. The SMILES string of the molecule is CCCC(C)NC(=O)N1CCN(S(=O)(=O)c2ccc(F)cc2)CC1. The van der Waals surface area contributed by atoms with E-state index in [2.05, 4.69) is 12.2 Å². The van der Waals surface area contributed by atoms with Gasteiger partial charge in [0.05, 0.1) is 4.90 Å². The van der Waals surface area contributed by atoms with Gasteiger partial charge < -0.3 is 10.2 Å². The molecule has 1 aromatic carbocycles. The molecule has 0 spiro atoms. The molecular weight excluding hydrogens is 333 g/mol. The number of sulfonamides is 1. The summed E-state index contributed by atoms with van der Waals surface area (Å²) in [7, 11) is -3.65. The highest BCUT2D eigenvalue weighted by Crippen LogP contribution is 2.18. The molecule has 1 N–H and O–H groups in total. The van der Waals surface area contributed by atoms with Gasteiger partial charge in [0.2, 0.25) is 10.0 Å². The van der Waals surface area contributed by atoms with Crippen molar-refractivity contribution in [3.05, 3.63) is 30.1 Å². The highest BCUT2D eigenvalue weighted by atomic mass is 32.2. The zero-order valence-electron chi connectivity index (χ0n) is 14.0. The van der Waals surface area contributed by atoms with Crippen molar-refractivity contribution in [3.8, 4) is 0 Å². The van der Waals surface area contributed by atoms with Gasteiger partial charge in [-0.05, 0) is 37.6 Å². The Bertz CT molecular complexity index is 656. The van der Waals surface area contributed by atoms with Crippen molar-refractivity contribution >= 4 is 16.1 Å². The van der Waals surface area contributed by atoms with Crippen molar-refractivity contribution < 1.29 is 17.6 Å². The molecular formula is C16H24FN3O3S. The van der Waals surface area contributed by atoms with Crippen molar-refractivity contribution in [2.24, 2.45) is 0 Å².